The Hall–Kier alpha value is -0.570. The van der Waals surface area contributed by atoms with Crippen LogP contribution in [0.5, 0.6) is 0 Å². The molecule has 2 rings (SSSR count). The van der Waals surface area contributed by atoms with Gasteiger partial charge in [0.2, 0.25) is 5.91 Å². The van der Waals surface area contributed by atoms with Gasteiger partial charge in [-0.05, 0) is 32.7 Å². The third-order valence-corrected chi connectivity index (χ3v) is 4.09. The van der Waals surface area contributed by atoms with Gasteiger partial charge in [-0.15, -0.1) is 0 Å². The van der Waals surface area contributed by atoms with E-state index in [4.69, 9.17) is 0 Å². The molecule has 1 amide bonds. The van der Waals surface area contributed by atoms with Crippen molar-refractivity contribution < 1.29 is 4.79 Å². The standard InChI is InChI=1S/C13H24N2O/c1-14-12-9-6-10-15(13(12)16)11-7-4-2-3-5-8-11/h11-12,14H,2-10H2,1H3. The maximum absolute atomic E-state index is 12.2. The first-order valence-corrected chi connectivity index (χ1v) is 6.80. The van der Waals surface area contributed by atoms with E-state index in [0.717, 1.165) is 19.4 Å². The van der Waals surface area contributed by atoms with E-state index >= 15 is 0 Å². The number of amides is 1. The Bertz CT molecular complexity index is 234. The first kappa shape index (κ1) is 11.9. The third-order valence-electron chi connectivity index (χ3n) is 4.09. The van der Waals surface area contributed by atoms with Crippen LogP contribution in [0.25, 0.3) is 0 Å². The van der Waals surface area contributed by atoms with Gasteiger partial charge < -0.3 is 10.2 Å². The lowest BCUT2D eigenvalue weighted by Crippen LogP contribution is -2.53. The predicted octanol–water partition coefficient (Wildman–Crippen LogP) is 1.92. The summed E-state index contributed by atoms with van der Waals surface area (Å²) >= 11 is 0. The Morgan fingerprint density at radius 3 is 2.38 bits per heavy atom. The number of likely N-dealkylation sites (N-methyl/N-ethyl adjacent to an activating group) is 1. The minimum Gasteiger partial charge on any atom is -0.338 e. The number of piperidine rings is 1. The van der Waals surface area contributed by atoms with Crippen molar-refractivity contribution in [3.63, 3.8) is 0 Å². The average molecular weight is 224 g/mol. The van der Waals surface area contributed by atoms with Crippen molar-refractivity contribution in [2.75, 3.05) is 13.6 Å². The SMILES string of the molecule is CNC1CCCN(C2CCCCCC2)C1=O. The van der Waals surface area contributed by atoms with Crippen LogP contribution >= 0.6 is 0 Å². The van der Waals surface area contributed by atoms with Gasteiger partial charge in [0.25, 0.3) is 0 Å². The fourth-order valence-corrected chi connectivity index (χ4v) is 3.10. The molecule has 2 fully saturated rings. The van der Waals surface area contributed by atoms with Gasteiger partial charge in [0.05, 0.1) is 6.04 Å². The minimum atomic E-state index is 0.0806. The molecule has 92 valence electrons. The zero-order chi connectivity index (χ0) is 11.4. The largest absolute Gasteiger partial charge is 0.338 e. The Morgan fingerprint density at radius 2 is 1.75 bits per heavy atom. The second-order valence-corrected chi connectivity index (χ2v) is 5.16. The fraction of sp³-hybridized carbons (Fsp3) is 0.923. The second-order valence-electron chi connectivity index (χ2n) is 5.16. The van der Waals surface area contributed by atoms with Crippen molar-refractivity contribution in [1.82, 2.24) is 10.2 Å². The van der Waals surface area contributed by atoms with Crippen LogP contribution in [0.3, 0.4) is 0 Å². The molecule has 1 heterocycles. The highest BCUT2D eigenvalue weighted by atomic mass is 16.2. The van der Waals surface area contributed by atoms with Gasteiger partial charge in [0.1, 0.15) is 0 Å². The number of carbonyl (C=O) groups excluding carboxylic acids is 1. The normalized spacial score (nSPS) is 29.2. The number of nitrogens with zero attached hydrogens (tertiary/aromatic N) is 1. The minimum absolute atomic E-state index is 0.0806. The highest BCUT2D eigenvalue weighted by molar-refractivity contribution is 5.82. The zero-order valence-electron chi connectivity index (χ0n) is 10.4. The molecular formula is C13H24N2O. The molecule has 1 saturated heterocycles. The van der Waals surface area contributed by atoms with Crippen LogP contribution < -0.4 is 5.32 Å². The van der Waals surface area contributed by atoms with Crippen LogP contribution in [-0.4, -0.2) is 36.5 Å². The predicted molar refractivity (Wildman–Crippen MR) is 65.3 cm³/mol. The van der Waals surface area contributed by atoms with Gasteiger partial charge >= 0.3 is 0 Å². The molecule has 1 aliphatic heterocycles. The van der Waals surface area contributed by atoms with E-state index in [-0.39, 0.29) is 6.04 Å². The molecule has 0 aromatic rings. The molecule has 1 unspecified atom stereocenters. The molecule has 0 aromatic carbocycles. The quantitative estimate of drug-likeness (QED) is 0.727. The van der Waals surface area contributed by atoms with Crippen LogP contribution in [0.15, 0.2) is 0 Å². The molecule has 1 atom stereocenters. The maximum atomic E-state index is 12.2. The summed E-state index contributed by atoms with van der Waals surface area (Å²) in [5.41, 5.74) is 0. The van der Waals surface area contributed by atoms with E-state index in [9.17, 15) is 4.79 Å². The molecule has 0 radical (unpaired) electrons. The first-order chi connectivity index (χ1) is 7.83. The summed E-state index contributed by atoms with van der Waals surface area (Å²) in [4.78, 5) is 14.4. The molecule has 1 saturated carbocycles. The van der Waals surface area contributed by atoms with Gasteiger partial charge in [-0.3, -0.25) is 4.79 Å². The van der Waals surface area contributed by atoms with Crippen LogP contribution in [0.2, 0.25) is 0 Å². The number of likely N-dealkylation sites (tertiary alicyclic amines) is 1. The molecule has 3 heteroatoms. The highest BCUT2D eigenvalue weighted by Crippen LogP contribution is 2.25. The van der Waals surface area contributed by atoms with Gasteiger partial charge in [-0.1, -0.05) is 25.7 Å². The lowest BCUT2D eigenvalue weighted by Gasteiger charge is -2.37. The number of rotatable bonds is 2. The van der Waals surface area contributed by atoms with E-state index < -0.39 is 0 Å². The third kappa shape index (κ3) is 2.57. The fourth-order valence-electron chi connectivity index (χ4n) is 3.10. The van der Waals surface area contributed by atoms with Gasteiger partial charge in [0.15, 0.2) is 0 Å². The van der Waals surface area contributed by atoms with E-state index in [1.165, 1.54) is 38.5 Å². The Balaban J connectivity index is 1.98. The average Bonchev–Trinajstić information content (AvgIpc) is 2.58. The van der Waals surface area contributed by atoms with Gasteiger partial charge in [-0.25, -0.2) is 0 Å². The molecule has 0 spiro atoms. The molecule has 1 N–H and O–H groups in total. The van der Waals surface area contributed by atoms with E-state index in [1.54, 1.807) is 0 Å². The number of carbonyl (C=O) groups is 1. The van der Waals surface area contributed by atoms with E-state index in [2.05, 4.69) is 10.2 Å². The molecule has 2 aliphatic rings. The summed E-state index contributed by atoms with van der Waals surface area (Å²) in [6.07, 6.45) is 9.94. The van der Waals surface area contributed by atoms with Crippen molar-refractivity contribution in [3.8, 4) is 0 Å². The van der Waals surface area contributed by atoms with E-state index in [1.807, 2.05) is 7.05 Å². The lowest BCUT2D eigenvalue weighted by atomic mass is 9.99. The van der Waals surface area contributed by atoms with Crippen molar-refractivity contribution in [2.24, 2.45) is 0 Å². The zero-order valence-corrected chi connectivity index (χ0v) is 10.4. The summed E-state index contributed by atoms with van der Waals surface area (Å²) in [5, 5.41) is 3.15. The Labute approximate surface area is 98.6 Å². The van der Waals surface area contributed by atoms with Crippen molar-refractivity contribution >= 4 is 5.91 Å². The van der Waals surface area contributed by atoms with E-state index in [0.29, 0.717) is 11.9 Å². The van der Waals surface area contributed by atoms with Gasteiger partial charge in [-0.2, -0.15) is 0 Å². The first-order valence-electron chi connectivity index (χ1n) is 6.80. The van der Waals surface area contributed by atoms with Crippen LogP contribution in [0, 0.1) is 0 Å². The molecule has 16 heavy (non-hydrogen) atoms. The topological polar surface area (TPSA) is 32.3 Å². The monoisotopic (exact) mass is 224 g/mol. The highest BCUT2D eigenvalue weighted by Gasteiger charge is 2.32. The summed E-state index contributed by atoms with van der Waals surface area (Å²) in [5.74, 6) is 0.348. The number of hydrogen-bond acceptors (Lipinski definition) is 2. The number of nitrogens with one attached hydrogen (secondary N) is 1. The maximum Gasteiger partial charge on any atom is 0.239 e. The Kier molecular flexibility index (Phi) is 4.22. The Morgan fingerprint density at radius 1 is 1.06 bits per heavy atom. The van der Waals surface area contributed by atoms with Gasteiger partial charge in [0, 0.05) is 12.6 Å². The van der Waals surface area contributed by atoms with Crippen molar-refractivity contribution in [2.45, 2.75) is 63.5 Å². The molecule has 1 aliphatic carbocycles. The summed E-state index contributed by atoms with van der Waals surface area (Å²) < 4.78 is 0. The summed E-state index contributed by atoms with van der Waals surface area (Å²) in [7, 11) is 1.90. The molecule has 0 aromatic heterocycles. The summed E-state index contributed by atoms with van der Waals surface area (Å²) in [6.45, 7) is 0.988. The molecule has 0 bridgehead atoms. The second kappa shape index (κ2) is 5.67. The van der Waals surface area contributed by atoms with Crippen molar-refractivity contribution in [1.29, 1.82) is 0 Å². The van der Waals surface area contributed by atoms with Crippen LogP contribution in [-0.2, 0) is 4.79 Å². The summed E-state index contributed by atoms with van der Waals surface area (Å²) in [6, 6.07) is 0.614. The van der Waals surface area contributed by atoms with Crippen LogP contribution in [0.4, 0.5) is 0 Å². The number of hydrogen-bond donors (Lipinski definition) is 1. The molecular weight excluding hydrogens is 200 g/mol. The smallest absolute Gasteiger partial charge is 0.239 e. The lowest BCUT2D eigenvalue weighted by molar-refractivity contribution is -0.138. The van der Waals surface area contributed by atoms with Crippen LogP contribution in [0.1, 0.15) is 51.4 Å². The molecule has 3 nitrogen and oxygen atoms in total. The van der Waals surface area contributed by atoms with Crippen molar-refractivity contribution in [3.05, 3.63) is 0 Å².